The summed E-state index contributed by atoms with van der Waals surface area (Å²) in [6.07, 6.45) is 31.2. The molecule has 26 heavy (non-hydrogen) atoms. The summed E-state index contributed by atoms with van der Waals surface area (Å²) in [5, 5.41) is 0. The summed E-state index contributed by atoms with van der Waals surface area (Å²) in [7, 11) is 0. The van der Waals surface area contributed by atoms with Gasteiger partial charge >= 0.3 is 0 Å². The highest BCUT2D eigenvalue weighted by Gasteiger charge is 1.96. The maximum atomic E-state index is 4.08. The number of hydrogen-bond acceptors (Lipinski definition) is 2. The largest absolute Gasteiger partial charge is 0.337 e. The highest BCUT2D eigenvalue weighted by molar-refractivity contribution is 4.74. The average Bonchev–Trinajstić information content (AvgIpc) is 3.35. The molecule has 2 aromatic rings. The molecule has 2 heterocycles. The molecule has 0 spiro atoms. The van der Waals surface area contributed by atoms with Crippen LogP contribution in [0.25, 0.3) is 0 Å². The molecule has 2 rings (SSSR count). The van der Waals surface area contributed by atoms with Crippen molar-refractivity contribution in [2.75, 3.05) is 0 Å². The van der Waals surface area contributed by atoms with E-state index >= 15 is 0 Å². The summed E-state index contributed by atoms with van der Waals surface area (Å²) >= 11 is 0. The third-order valence-electron chi connectivity index (χ3n) is 5.20. The smallest absolute Gasteiger partial charge is 0.0945 e. The fraction of sp³-hybridized carbons (Fsp3) is 0.727. The van der Waals surface area contributed by atoms with E-state index in [9.17, 15) is 0 Å². The number of rotatable bonds is 17. The van der Waals surface area contributed by atoms with E-state index < -0.39 is 0 Å². The van der Waals surface area contributed by atoms with Crippen LogP contribution in [0.2, 0.25) is 0 Å². The van der Waals surface area contributed by atoms with E-state index in [0.717, 1.165) is 13.1 Å². The average molecular weight is 359 g/mol. The quantitative estimate of drug-likeness (QED) is 0.314. The van der Waals surface area contributed by atoms with Gasteiger partial charge < -0.3 is 9.13 Å². The Morgan fingerprint density at radius 1 is 0.423 bits per heavy atom. The number of aromatic nitrogens is 4. The zero-order valence-corrected chi connectivity index (χ0v) is 16.6. The number of nitrogens with zero attached hydrogens (tertiary/aromatic N) is 4. The van der Waals surface area contributed by atoms with Gasteiger partial charge in [-0.2, -0.15) is 0 Å². The van der Waals surface area contributed by atoms with Gasteiger partial charge in [-0.1, -0.05) is 77.0 Å². The molecule has 0 aliphatic rings. The van der Waals surface area contributed by atoms with Crippen LogP contribution in [0.15, 0.2) is 37.4 Å². The van der Waals surface area contributed by atoms with Crippen molar-refractivity contribution < 1.29 is 0 Å². The topological polar surface area (TPSA) is 35.6 Å². The Morgan fingerprint density at radius 3 is 1.00 bits per heavy atom. The van der Waals surface area contributed by atoms with Crippen LogP contribution in [-0.4, -0.2) is 19.1 Å². The fourth-order valence-corrected chi connectivity index (χ4v) is 3.55. The summed E-state index contributed by atoms with van der Waals surface area (Å²) in [4.78, 5) is 8.16. The molecule has 0 fully saturated rings. The van der Waals surface area contributed by atoms with Gasteiger partial charge in [0.1, 0.15) is 0 Å². The molecule has 4 heteroatoms. The summed E-state index contributed by atoms with van der Waals surface area (Å²) in [5.41, 5.74) is 0. The molecule has 0 radical (unpaired) electrons. The van der Waals surface area contributed by atoms with Gasteiger partial charge in [-0.25, -0.2) is 9.97 Å². The van der Waals surface area contributed by atoms with E-state index in [2.05, 4.69) is 31.5 Å². The van der Waals surface area contributed by atoms with Gasteiger partial charge in [0.25, 0.3) is 0 Å². The van der Waals surface area contributed by atoms with Gasteiger partial charge in [0.2, 0.25) is 0 Å². The highest BCUT2D eigenvalue weighted by atomic mass is 15.0. The van der Waals surface area contributed by atoms with Crippen molar-refractivity contribution in [3.8, 4) is 0 Å². The lowest BCUT2D eigenvalue weighted by Crippen LogP contribution is -1.94. The first-order valence-corrected chi connectivity index (χ1v) is 10.9. The minimum atomic E-state index is 1.13. The minimum absolute atomic E-state index is 1.13. The molecule has 0 saturated carbocycles. The Bertz CT molecular complexity index is 456. The van der Waals surface area contributed by atoms with Gasteiger partial charge in [-0.05, 0) is 12.8 Å². The van der Waals surface area contributed by atoms with Crippen molar-refractivity contribution in [2.24, 2.45) is 0 Å². The number of hydrogen-bond donors (Lipinski definition) is 0. The Morgan fingerprint density at radius 2 is 0.731 bits per heavy atom. The fourth-order valence-electron chi connectivity index (χ4n) is 3.55. The molecule has 0 amide bonds. The molecule has 2 aromatic heterocycles. The van der Waals surface area contributed by atoms with Crippen molar-refractivity contribution in [3.05, 3.63) is 37.4 Å². The second-order valence-corrected chi connectivity index (χ2v) is 7.55. The van der Waals surface area contributed by atoms with Crippen molar-refractivity contribution in [1.29, 1.82) is 0 Å². The van der Waals surface area contributed by atoms with Crippen molar-refractivity contribution in [3.63, 3.8) is 0 Å². The van der Waals surface area contributed by atoms with Crippen molar-refractivity contribution in [2.45, 2.75) is 103 Å². The number of aryl methyl sites for hydroxylation is 2. The Balaban J connectivity index is 1.22. The normalized spacial score (nSPS) is 11.2. The third-order valence-corrected chi connectivity index (χ3v) is 5.20. The SMILES string of the molecule is c1cn(CCCCCCCCCCCCCCCCn2ccnc2)cn1. The monoisotopic (exact) mass is 358 g/mol. The van der Waals surface area contributed by atoms with Crippen LogP contribution in [-0.2, 0) is 13.1 Å². The Hall–Kier alpha value is -1.58. The molecule has 0 saturated heterocycles. The predicted molar refractivity (Wildman–Crippen MR) is 109 cm³/mol. The second kappa shape index (κ2) is 14.6. The minimum Gasteiger partial charge on any atom is -0.337 e. The summed E-state index contributed by atoms with van der Waals surface area (Å²) in [6.45, 7) is 2.26. The predicted octanol–water partition coefficient (Wildman–Crippen LogP) is 6.24. The lowest BCUT2D eigenvalue weighted by atomic mass is 10.0. The van der Waals surface area contributed by atoms with Crippen LogP contribution in [0.1, 0.15) is 89.9 Å². The van der Waals surface area contributed by atoms with Crippen LogP contribution in [0.4, 0.5) is 0 Å². The van der Waals surface area contributed by atoms with E-state index in [1.165, 1.54) is 89.9 Å². The zero-order valence-electron chi connectivity index (χ0n) is 16.6. The molecular formula is C22H38N4. The first-order valence-electron chi connectivity index (χ1n) is 10.9. The van der Waals surface area contributed by atoms with Crippen molar-refractivity contribution in [1.82, 2.24) is 19.1 Å². The lowest BCUT2D eigenvalue weighted by molar-refractivity contribution is 0.517. The standard InChI is InChI=1S/C22H38N4/c1(3-5-7-9-11-13-17-25-19-15-23-21-25)2-4-6-8-10-12-14-18-26-20-16-24-22-26/h15-16,19-22H,1-14,17-18H2. The number of imidazole rings is 2. The lowest BCUT2D eigenvalue weighted by Gasteiger charge is -2.04. The molecule has 0 N–H and O–H groups in total. The molecule has 0 unspecified atom stereocenters. The second-order valence-electron chi connectivity index (χ2n) is 7.55. The highest BCUT2D eigenvalue weighted by Crippen LogP contribution is 2.13. The Kier molecular flexibility index (Phi) is 11.6. The molecule has 4 nitrogen and oxygen atoms in total. The van der Waals surface area contributed by atoms with Crippen LogP contribution < -0.4 is 0 Å². The van der Waals surface area contributed by atoms with Gasteiger partial charge in [0.15, 0.2) is 0 Å². The van der Waals surface area contributed by atoms with E-state index in [1.807, 2.05) is 25.0 Å². The first kappa shape index (κ1) is 20.7. The van der Waals surface area contributed by atoms with E-state index in [-0.39, 0.29) is 0 Å². The first-order chi connectivity index (χ1) is 12.9. The molecule has 146 valence electrons. The van der Waals surface area contributed by atoms with E-state index in [4.69, 9.17) is 0 Å². The van der Waals surface area contributed by atoms with Gasteiger partial charge in [-0.3, -0.25) is 0 Å². The number of unbranched alkanes of at least 4 members (excludes halogenated alkanes) is 13. The Labute approximate surface area is 160 Å². The maximum absolute atomic E-state index is 4.08. The van der Waals surface area contributed by atoms with Crippen molar-refractivity contribution >= 4 is 0 Å². The van der Waals surface area contributed by atoms with Crippen LogP contribution in [0, 0.1) is 0 Å². The summed E-state index contributed by atoms with van der Waals surface area (Å²) in [6, 6.07) is 0. The zero-order chi connectivity index (χ0) is 18.1. The summed E-state index contributed by atoms with van der Waals surface area (Å²) < 4.78 is 4.36. The van der Waals surface area contributed by atoms with Crippen LogP contribution in [0.5, 0.6) is 0 Å². The van der Waals surface area contributed by atoms with Gasteiger partial charge in [0.05, 0.1) is 12.7 Å². The molecule has 0 bridgehead atoms. The molecule has 0 aromatic carbocycles. The maximum Gasteiger partial charge on any atom is 0.0945 e. The molecule has 0 atom stereocenters. The third kappa shape index (κ3) is 10.4. The van der Waals surface area contributed by atoms with Crippen LogP contribution in [0.3, 0.4) is 0 Å². The van der Waals surface area contributed by atoms with Gasteiger partial charge in [0, 0.05) is 37.9 Å². The van der Waals surface area contributed by atoms with E-state index in [1.54, 1.807) is 0 Å². The van der Waals surface area contributed by atoms with Gasteiger partial charge in [-0.15, -0.1) is 0 Å². The molecular weight excluding hydrogens is 320 g/mol. The summed E-state index contributed by atoms with van der Waals surface area (Å²) in [5.74, 6) is 0. The van der Waals surface area contributed by atoms with Crippen LogP contribution >= 0.6 is 0 Å². The van der Waals surface area contributed by atoms with E-state index in [0.29, 0.717) is 0 Å². The molecule has 0 aliphatic heterocycles. The molecule has 0 aliphatic carbocycles.